The molecule has 0 radical (unpaired) electrons. The Kier molecular flexibility index (Phi) is 2.67. The van der Waals surface area contributed by atoms with Gasteiger partial charge in [-0.3, -0.25) is 4.79 Å². The maximum Gasteiger partial charge on any atom is 0.200 e. The number of hydrogen-bond acceptors (Lipinski definition) is 4. The summed E-state index contributed by atoms with van der Waals surface area (Å²) in [6, 6.07) is 12.7. The molecule has 0 saturated carbocycles. The van der Waals surface area contributed by atoms with Crippen molar-refractivity contribution in [2.24, 2.45) is 0 Å². The average Bonchev–Trinajstić information content (AvgIpc) is 2.55. The molecule has 104 valence electrons. The Bertz CT molecular complexity index is 879. The Morgan fingerprint density at radius 3 is 2.62 bits per heavy atom. The second-order valence-corrected chi connectivity index (χ2v) is 4.83. The van der Waals surface area contributed by atoms with Crippen LogP contribution >= 0.6 is 0 Å². The Balaban J connectivity index is 1.90. The van der Waals surface area contributed by atoms with E-state index in [1.54, 1.807) is 12.1 Å². The van der Waals surface area contributed by atoms with E-state index >= 15 is 0 Å². The van der Waals surface area contributed by atoms with Crippen molar-refractivity contribution in [1.82, 2.24) is 0 Å². The fraction of sp³-hybridized carbons (Fsp3) is 0.118. The minimum absolute atomic E-state index is 0.0477. The van der Waals surface area contributed by atoms with Gasteiger partial charge in [0, 0.05) is 0 Å². The maximum absolute atomic E-state index is 12.6. The molecular weight excluding hydrogens is 268 g/mol. The molecular formula is C17H12O4. The molecule has 0 bridgehead atoms. The number of rotatable bonds is 1. The minimum Gasteiger partial charge on any atom is -0.486 e. The van der Waals surface area contributed by atoms with Crippen LogP contribution in [0, 0.1) is 0 Å². The van der Waals surface area contributed by atoms with Crippen LogP contribution < -0.4 is 14.9 Å². The molecule has 1 aliphatic rings. The molecule has 4 heteroatoms. The Hall–Kier alpha value is -2.75. The highest BCUT2D eigenvalue weighted by molar-refractivity contribution is 5.81. The van der Waals surface area contributed by atoms with Gasteiger partial charge in [-0.15, -0.1) is 0 Å². The summed E-state index contributed by atoms with van der Waals surface area (Å²) in [7, 11) is 0. The summed E-state index contributed by atoms with van der Waals surface area (Å²) < 4.78 is 16.6. The van der Waals surface area contributed by atoms with Crippen molar-refractivity contribution in [3.8, 4) is 22.6 Å². The lowest BCUT2D eigenvalue weighted by atomic mass is 10.0. The van der Waals surface area contributed by atoms with Crippen molar-refractivity contribution < 1.29 is 13.9 Å². The van der Waals surface area contributed by atoms with E-state index in [0.717, 1.165) is 5.56 Å². The van der Waals surface area contributed by atoms with Crippen molar-refractivity contribution in [3.05, 3.63) is 59.0 Å². The van der Waals surface area contributed by atoms with E-state index in [-0.39, 0.29) is 5.43 Å². The first-order chi connectivity index (χ1) is 10.3. The van der Waals surface area contributed by atoms with Crippen LogP contribution in [0.5, 0.6) is 11.5 Å². The predicted octanol–water partition coefficient (Wildman–Crippen LogP) is 3.23. The third-order valence-electron chi connectivity index (χ3n) is 3.53. The monoisotopic (exact) mass is 280 g/mol. The number of para-hydroxylation sites is 1. The molecule has 0 aliphatic carbocycles. The van der Waals surface area contributed by atoms with Crippen LogP contribution in [0.1, 0.15) is 0 Å². The quantitative estimate of drug-likeness (QED) is 0.686. The standard InChI is InChI=1S/C17H12O4/c18-17-12-3-1-2-4-14(12)21-10-13(17)11-5-6-15-16(9-11)20-8-7-19-15/h1-6,9-10H,7-8H2. The van der Waals surface area contributed by atoms with Gasteiger partial charge in [-0.1, -0.05) is 18.2 Å². The zero-order chi connectivity index (χ0) is 14.2. The summed E-state index contributed by atoms with van der Waals surface area (Å²) in [5.41, 5.74) is 1.82. The molecule has 0 atom stereocenters. The van der Waals surface area contributed by atoms with Crippen molar-refractivity contribution in [2.75, 3.05) is 13.2 Å². The normalized spacial score (nSPS) is 13.3. The van der Waals surface area contributed by atoms with Crippen molar-refractivity contribution in [1.29, 1.82) is 0 Å². The first-order valence-electron chi connectivity index (χ1n) is 6.73. The highest BCUT2D eigenvalue weighted by Gasteiger charge is 2.15. The second-order valence-electron chi connectivity index (χ2n) is 4.83. The van der Waals surface area contributed by atoms with Crippen molar-refractivity contribution in [3.63, 3.8) is 0 Å². The number of hydrogen-bond donors (Lipinski definition) is 0. The van der Waals surface area contributed by atoms with Crippen LogP contribution in [0.3, 0.4) is 0 Å². The zero-order valence-electron chi connectivity index (χ0n) is 11.2. The Labute approximate surface area is 120 Å². The molecule has 0 spiro atoms. The number of ether oxygens (including phenoxy) is 2. The smallest absolute Gasteiger partial charge is 0.200 e. The topological polar surface area (TPSA) is 48.7 Å². The van der Waals surface area contributed by atoms with Gasteiger partial charge < -0.3 is 13.9 Å². The second kappa shape index (κ2) is 4.66. The lowest BCUT2D eigenvalue weighted by molar-refractivity contribution is 0.171. The van der Waals surface area contributed by atoms with Gasteiger partial charge in [0.15, 0.2) is 16.9 Å². The molecule has 1 aromatic heterocycles. The average molecular weight is 280 g/mol. The SMILES string of the molecule is O=c1c(-c2ccc3c(c2)OCCO3)coc2ccccc12. The predicted molar refractivity (Wildman–Crippen MR) is 78.9 cm³/mol. The number of fused-ring (bicyclic) bond motifs is 2. The first kappa shape index (κ1) is 12.0. The molecule has 4 rings (SSSR count). The van der Waals surface area contributed by atoms with E-state index in [0.29, 0.717) is 41.2 Å². The largest absolute Gasteiger partial charge is 0.486 e. The van der Waals surface area contributed by atoms with E-state index in [9.17, 15) is 4.79 Å². The lowest BCUT2D eigenvalue weighted by Crippen LogP contribution is -2.15. The molecule has 0 saturated heterocycles. The third-order valence-corrected chi connectivity index (χ3v) is 3.53. The van der Waals surface area contributed by atoms with Crippen LogP contribution in [-0.4, -0.2) is 13.2 Å². The van der Waals surface area contributed by atoms with E-state index in [1.165, 1.54) is 6.26 Å². The summed E-state index contributed by atoms with van der Waals surface area (Å²) in [6.07, 6.45) is 1.50. The van der Waals surface area contributed by atoms with Crippen LogP contribution in [-0.2, 0) is 0 Å². The molecule has 0 unspecified atom stereocenters. The van der Waals surface area contributed by atoms with Gasteiger partial charge >= 0.3 is 0 Å². The molecule has 0 fully saturated rings. The molecule has 3 aromatic rings. The van der Waals surface area contributed by atoms with Gasteiger partial charge in [0.2, 0.25) is 0 Å². The molecule has 1 aliphatic heterocycles. The molecule has 2 heterocycles. The summed E-state index contributed by atoms with van der Waals surface area (Å²) in [5, 5.41) is 0.574. The van der Waals surface area contributed by atoms with Crippen LogP contribution in [0.4, 0.5) is 0 Å². The zero-order valence-corrected chi connectivity index (χ0v) is 11.2. The van der Waals surface area contributed by atoms with Crippen molar-refractivity contribution >= 4 is 11.0 Å². The van der Waals surface area contributed by atoms with Gasteiger partial charge in [0.05, 0.1) is 10.9 Å². The fourth-order valence-electron chi connectivity index (χ4n) is 2.49. The molecule has 4 nitrogen and oxygen atoms in total. The Morgan fingerprint density at radius 2 is 1.71 bits per heavy atom. The van der Waals surface area contributed by atoms with Crippen LogP contribution in [0.2, 0.25) is 0 Å². The van der Waals surface area contributed by atoms with Gasteiger partial charge in [0.25, 0.3) is 0 Å². The molecule has 2 aromatic carbocycles. The molecule has 0 N–H and O–H groups in total. The minimum atomic E-state index is -0.0477. The highest BCUT2D eigenvalue weighted by atomic mass is 16.6. The van der Waals surface area contributed by atoms with E-state index < -0.39 is 0 Å². The highest BCUT2D eigenvalue weighted by Crippen LogP contribution is 2.34. The van der Waals surface area contributed by atoms with E-state index in [1.807, 2.05) is 30.3 Å². The summed E-state index contributed by atoms with van der Waals surface area (Å²) in [6.45, 7) is 1.06. The number of benzene rings is 2. The van der Waals surface area contributed by atoms with Gasteiger partial charge in [-0.05, 0) is 29.8 Å². The fourth-order valence-corrected chi connectivity index (χ4v) is 2.49. The Morgan fingerprint density at radius 1 is 0.905 bits per heavy atom. The lowest BCUT2D eigenvalue weighted by Gasteiger charge is -2.18. The van der Waals surface area contributed by atoms with Gasteiger partial charge in [0.1, 0.15) is 25.1 Å². The first-order valence-corrected chi connectivity index (χ1v) is 6.73. The summed E-state index contributed by atoms with van der Waals surface area (Å²) in [4.78, 5) is 12.6. The summed E-state index contributed by atoms with van der Waals surface area (Å²) in [5.74, 6) is 1.36. The van der Waals surface area contributed by atoms with E-state index in [2.05, 4.69) is 0 Å². The van der Waals surface area contributed by atoms with E-state index in [4.69, 9.17) is 13.9 Å². The van der Waals surface area contributed by atoms with Crippen LogP contribution in [0.25, 0.3) is 22.1 Å². The van der Waals surface area contributed by atoms with Gasteiger partial charge in [-0.2, -0.15) is 0 Å². The maximum atomic E-state index is 12.6. The van der Waals surface area contributed by atoms with Crippen molar-refractivity contribution in [2.45, 2.75) is 0 Å². The third kappa shape index (κ3) is 1.96. The molecule has 21 heavy (non-hydrogen) atoms. The summed E-state index contributed by atoms with van der Waals surface area (Å²) >= 11 is 0. The molecule has 0 amide bonds. The van der Waals surface area contributed by atoms with Gasteiger partial charge in [-0.25, -0.2) is 0 Å². The van der Waals surface area contributed by atoms with Crippen LogP contribution in [0.15, 0.2) is 57.9 Å².